The molecule has 0 atom stereocenters. The zero-order valence-corrected chi connectivity index (χ0v) is 7.15. The summed E-state index contributed by atoms with van der Waals surface area (Å²) in [5, 5.41) is 3.42. The van der Waals surface area contributed by atoms with Gasteiger partial charge in [0.2, 0.25) is 0 Å². The monoisotopic (exact) mass is 180 g/mol. The van der Waals surface area contributed by atoms with Gasteiger partial charge >= 0.3 is 0 Å². The Bertz CT molecular complexity index is 349. The number of primary amides is 1. The largest absolute Gasteiger partial charge is 0.497 e. The predicted octanol–water partition coefficient (Wildman–Crippen LogP) is -0.363. The molecule has 0 aliphatic carbocycles. The number of nitrogens with zero attached hydrogens (tertiary/aromatic N) is 1. The van der Waals surface area contributed by atoms with Crippen molar-refractivity contribution >= 4 is 11.6 Å². The van der Waals surface area contributed by atoms with E-state index in [0.29, 0.717) is 11.4 Å². The molecule has 0 heterocycles. The van der Waals surface area contributed by atoms with E-state index in [2.05, 4.69) is 5.11 Å². The smallest absolute Gasteiger partial charge is 0.251 e. The van der Waals surface area contributed by atoms with E-state index in [-0.39, 0.29) is 5.56 Å². The Morgan fingerprint density at radius 3 is 2.77 bits per heavy atom. The summed E-state index contributed by atoms with van der Waals surface area (Å²) in [4.78, 5) is 10.8. The summed E-state index contributed by atoms with van der Waals surface area (Å²) in [5.41, 5.74) is 10.8. The van der Waals surface area contributed by atoms with Crippen LogP contribution in [0.25, 0.3) is 0 Å². The second-order valence-corrected chi connectivity index (χ2v) is 2.38. The molecular formula is C8H10N3O2+. The first-order valence-electron chi connectivity index (χ1n) is 3.58. The van der Waals surface area contributed by atoms with Crippen molar-refractivity contribution < 1.29 is 15.1 Å². The van der Waals surface area contributed by atoms with Gasteiger partial charge < -0.3 is 10.5 Å². The highest BCUT2D eigenvalue weighted by atomic mass is 16.5. The number of methoxy groups -OCH3 is 1. The maximum atomic E-state index is 10.8. The third kappa shape index (κ3) is 1.81. The summed E-state index contributed by atoms with van der Waals surface area (Å²) >= 11 is 0. The number of rotatable bonds is 3. The van der Waals surface area contributed by atoms with Gasteiger partial charge in [-0.05, 0) is 17.2 Å². The van der Waals surface area contributed by atoms with Gasteiger partial charge in [-0.15, -0.1) is 0 Å². The third-order valence-electron chi connectivity index (χ3n) is 1.61. The van der Waals surface area contributed by atoms with Crippen LogP contribution in [0.4, 0.5) is 5.69 Å². The number of hydrogen-bond donors (Lipinski definition) is 2. The van der Waals surface area contributed by atoms with Crippen LogP contribution in [0.5, 0.6) is 5.75 Å². The van der Waals surface area contributed by atoms with Crippen LogP contribution in [0.15, 0.2) is 23.3 Å². The van der Waals surface area contributed by atoms with Gasteiger partial charge in [0.15, 0.2) is 0 Å². The van der Waals surface area contributed by atoms with Gasteiger partial charge in [-0.1, -0.05) is 0 Å². The number of amides is 1. The molecule has 0 aromatic heterocycles. The second kappa shape index (κ2) is 3.66. The van der Waals surface area contributed by atoms with E-state index in [0.717, 1.165) is 0 Å². The van der Waals surface area contributed by atoms with Crippen molar-refractivity contribution in [2.24, 2.45) is 10.8 Å². The van der Waals surface area contributed by atoms with Crippen LogP contribution < -0.4 is 16.0 Å². The fourth-order valence-corrected chi connectivity index (χ4v) is 0.954. The topological polar surface area (TPSA) is 90.3 Å². The van der Waals surface area contributed by atoms with Gasteiger partial charge in [0, 0.05) is 6.07 Å². The van der Waals surface area contributed by atoms with Crippen molar-refractivity contribution in [2.45, 2.75) is 0 Å². The average molecular weight is 180 g/mol. The lowest BCUT2D eigenvalue weighted by atomic mass is 10.1. The van der Waals surface area contributed by atoms with Gasteiger partial charge in [0.25, 0.3) is 5.91 Å². The molecule has 5 heteroatoms. The molecule has 0 saturated heterocycles. The van der Waals surface area contributed by atoms with Crippen molar-refractivity contribution in [1.29, 1.82) is 0 Å². The van der Waals surface area contributed by atoms with Gasteiger partial charge in [0.1, 0.15) is 11.4 Å². The lowest BCUT2D eigenvalue weighted by molar-refractivity contribution is -0.210. The minimum Gasteiger partial charge on any atom is -0.497 e. The first-order chi connectivity index (χ1) is 6.19. The molecule has 5 nitrogen and oxygen atoms in total. The first kappa shape index (κ1) is 9.18. The molecule has 0 radical (unpaired) electrons. The van der Waals surface area contributed by atoms with Crippen molar-refractivity contribution in [3.05, 3.63) is 23.8 Å². The highest BCUT2D eigenvalue weighted by Gasteiger charge is 2.09. The van der Waals surface area contributed by atoms with E-state index >= 15 is 0 Å². The lowest BCUT2D eigenvalue weighted by Gasteiger charge is -2.01. The number of nitrogens with two attached hydrogens (primary N) is 2. The fraction of sp³-hybridized carbons (Fsp3) is 0.125. The molecule has 13 heavy (non-hydrogen) atoms. The third-order valence-corrected chi connectivity index (χ3v) is 1.61. The second-order valence-electron chi connectivity index (χ2n) is 2.38. The lowest BCUT2D eigenvalue weighted by Crippen LogP contribution is -2.23. The molecule has 0 aliphatic rings. The van der Waals surface area contributed by atoms with E-state index < -0.39 is 5.91 Å². The standard InChI is InChI=1S/C8H9N3O2/c1-13-5-2-3-6(8(9)12)7(4-5)11-10/h2-4,10H,1H3,(H2,9,12)/p+1. The molecule has 1 rings (SSSR count). The van der Waals surface area contributed by atoms with Crippen LogP contribution in [-0.2, 0) is 0 Å². The number of hydrogen-bond acceptors (Lipinski definition) is 3. The van der Waals surface area contributed by atoms with Gasteiger partial charge in [-0.3, -0.25) is 4.79 Å². The summed E-state index contributed by atoms with van der Waals surface area (Å²) in [6.07, 6.45) is 0. The molecule has 1 aromatic rings. The normalized spacial score (nSPS) is 9.31. The van der Waals surface area contributed by atoms with Crippen LogP contribution in [0, 0.1) is 0 Å². The molecule has 0 bridgehead atoms. The van der Waals surface area contributed by atoms with Crippen LogP contribution in [0.1, 0.15) is 10.4 Å². The Hall–Kier alpha value is -1.91. The van der Waals surface area contributed by atoms with Crippen molar-refractivity contribution in [2.75, 3.05) is 7.11 Å². The fourth-order valence-electron chi connectivity index (χ4n) is 0.954. The zero-order chi connectivity index (χ0) is 9.84. The maximum Gasteiger partial charge on any atom is 0.251 e. The zero-order valence-electron chi connectivity index (χ0n) is 7.15. The first-order valence-corrected chi connectivity index (χ1v) is 3.58. The van der Waals surface area contributed by atoms with Crippen LogP contribution >= 0.6 is 0 Å². The molecule has 1 aromatic carbocycles. The van der Waals surface area contributed by atoms with Gasteiger partial charge in [0.05, 0.1) is 12.7 Å². The Balaban J connectivity index is 3.23. The van der Waals surface area contributed by atoms with E-state index in [1.165, 1.54) is 13.2 Å². The van der Waals surface area contributed by atoms with E-state index in [9.17, 15) is 4.79 Å². The van der Waals surface area contributed by atoms with Crippen molar-refractivity contribution in [3.8, 4) is 5.75 Å². The molecule has 0 fully saturated rings. The van der Waals surface area contributed by atoms with E-state index in [1.54, 1.807) is 12.1 Å². The van der Waals surface area contributed by atoms with Gasteiger partial charge in [-0.2, -0.15) is 5.53 Å². The Morgan fingerprint density at radius 2 is 2.31 bits per heavy atom. The Kier molecular flexibility index (Phi) is 2.59. The summed E-state index contributed by atoms with van der Waals surface area (Å²) in [5.74, 6) is 0.0149. The average Bonchev–Trinajstić information content (AvgIpc) is 2.16. The number of carbonyl (C=O) groups is 1. The molecule has 0 unspecified atom stereocenters. The molecule has 0 spiro atoms. The molecule has 0 saturated carbocycles. The summed E-state index contributed by atoms with van der Waals surface area (Å²) in [7, 11) is 1.51. The number of carbonyl (C=O) groups excluding carboxylic acids is 1. The SMILES string of the molecule is COc1ccc(C(N)=O)c(N=[NH2+])c1. The number of benzene rings is 1. The summed E-state index contributed by atoms with van der Waals surface area (Å²) in [6.45, 7) is 0. The molecule has 1 amide bonds. The van der Waals surface area contributed by atoms with E-state index in [1.807, 2.05) is 0 Å². The highest BCUT2D eigenvalue weighted by Crippen LogP contribution is 2.23. The molecule has 68 valence electrons. The van der Waals surface area contributed by atoms with Crippen LogP contribution in [0.2, 0.25) is 0 Å². The maximum absolute atomic E-state index is 10.8. The minimum absolute atomic E-state index is 0.281. The van der Waals surface area contributed by atoms with Crippen LogP contribution in [0.3, 0.4) is 0 Å². The van der Waals surface area contributed by atoms with Crippen LogP contribution in [-0.4, -0.2) is 13.0 Å². The van der Waals surface area contributed by atoms with Crippen molar-refractivity contribution in [3.63, 3.8) is 0 Å². The highest BCUT2D eigenvalue weighted by molar-refractivity contribution is 5.97. The molecular weight excluding hydrogens is 170 g/mol. The minimum atomic E-state index is -0.563. The summed E-state index contributed by atoms with van der Waals surface area (Å²) < 4.78 is 4.92. The Morgan fingerprint density at radius 1 is 1.62 bits per heavy atom. The number of ether oxygens (including phenoxy) is 1. The Labute approximate surface area is 75.0 Å². The van der Waals surface area contributed by atoms with E-state index in [4.69, 9.17) is 16.0 Å². The predicted molar refractivity (Wildman–Crippen MR) is 45.5 cm³/mol. The summed E-state index contributed by atoms with van der Waals surface area (Å²) in [6, 6.07) is 4.68. The molecule has 0 aliphatic heterocycles. The van der Waals surface area contributed by atoms with Gasteiger partial charge in [-0.25, -0.2) is 0 Å². The molecule has 4 N–H and O–H groups in total. The quantitative estimate of drug-likeness (QED) is 0.622. The van der Waals surface area contributed by atoms with Crippen molar-refractivity contribution in [1.82, 2.24) is 0 Å².